The van der Waals surface area contributed by atoms with E-state index in [4.69, 9.17) is 21.7 Å². The summed E-state index contributed by atoms with van der Waals surface area (Å²) in [6, 6.07) is 13.9. The molecule has 7 heteroatoms. The molecule has 0 saturated carbocycles. The molecule has 3 aromatic rings. The monoisotopic (exact) mass is 368 g/mol. The number of H-pyrrole nitrogens is 1. The lowest BCUT2D eigenvalue weighted by molar-refractivity contribution is 0.296. The van der Waals surface area contributed by atoms with E-state index < -0.39 is 0 Å². The van der Waals surface area contributed by atoms with Gasteiger partial charge in [0.05, 0.1) is 13.3 Å². The molecule has 1 N–H and O–H groups in total. The fourth-order valence-electron chi connectivity index (χ4n) is 2.43. The standard InChI is InChI=1S/C19H20N4O2S/c1-3-14-4-7-17(8-5-14)25-12-16-10-15(6-9-18(16)24-2)11-21-23-13-20-22-19(23)26/h4-11,13H,3,12H2,1-2H3,(H,22,26)/b21-11+. The Morgan fingerprint density at radius 1 is 1.23 bits per heavy atom. The Morgan fingerprint density at radius 2 is 2.04 bits per heavy atom. The molecule has 1 heterocycles. The SMILES string of the molecule is CCc1ccc(OCc2cc(/C=N/n3cn[nH]c3=S)ccc2OC)cc1. The van der Waals surface area contributed by atoms with Crippen LogP contribution in [0.25, 0.3) is 0 Å². The minimum Gasteiger partial charge on any atom is -0.496 e. The summed E-state index contributed by atoms with van der Waals surface area (Å²) >= 11 is 5.07. The quantitative estimate of drug-likeness (QED) is 0.506. The van der Waals surface area contributed by atoms with Crippen molar-refractivity contribution in [3.63, 3.8) is 0 Å². The molecule has 0 aliphatic heterocycles. The average Bonchev–Trinajstić information content (AvgIpc) is 3.10. The van der Waals surface area contributed by atoms with Crippen LogP contribution in [-0.2, 0) is 13.0 Å². The van der Waals surface area contributed by atoms with E-state index in [9.17, 15) is 0 Å². The maximum absolute atomic E-state index is 5.90. The van der Waals surface area contributed by atoms with Crippen molar-refractivity contribution in [2.24, 2.45) is 5.10 Å². The first-order chi connectivity index (χ1) is 12.7. The first-order valence-corrected chi connectivity index (χ1v) is 8.65. The molecule has 0 fully saturated rings. The number of hydrogen-bond donors (Lipinski definition) is 1. The zero-order valence-corrected chi connectivity index (χ0v) is 15.5. The second-order valence-electron chi connectivity index (χ2n) is 5.61. The molecule has 6 nitrogen and oxygen atoms in total. The van der Waals surface area contributed by atoms with Crippen molar-refractivity contribution in [2.45, 2.75) is 20.0 Å². The van der Waals surface area contributed by atoms with Crippen LogP contribution in [0, 0.1) is 4.77 Å². The van der Waals surface area contributed by atoms with Crippen LogP contribution in [0.2, 0.25) is 0 Å². The lowest BCUT2D eigenvalue weighted by Crippen LogP contribution is -2.00. The third kappa shape index (κ3) is 4.37. The molecule has 1 aromatic heterocycles. The van der Waals surface area contributed by atoms with Crippen molar-refractivity contribution >= 4 is 18.4 Å². The molecule has 134 valence electrons. The number of hydrogen-bond acceptors (Lipinski definition) is 5. The predicted molar refractivity (Wildman–Crippen MR) is 104 cm³/mol. The third-order valence-electron chi connectivity index (χ3n) is 3.90. The molecule has 0 spiro atoms. The van der Waals surface area contributed by atoms with E-state index in [2.05, 4.69) is 34.4 Å². The van der Waals surface area contributed by atoms with E-state index in [1.165, 1.54) is 16.6 Å². The van der Waals surface area contributed by atoms with Gasteiger partial charge in [-0.05, 0) is 60.1 Å². The van der Waals surface area contributed by atoms with Crippen LogP contribution < -0.4 is 9.47 Å². The summed E-state index contributed by atoms with van der Waals surface area (Å²) < 4.78 is 13.3. The number of nitrogens with zero attached hydrogens (tertiary/aromatic N) is 3. The molecule has 0 atom stereocenters. The summed E-state index contributed by atoms with van der Waals surface area (Å²) in [5.74, 6) is 1.60. The smallest absolute Gasteiger partial charge is 0.216 e. The highest BCUT2D eigenvalue weighted by atomic mass is 32.1. The number of nitrogens with one attached hydrogen (secondary N) is 1. The van der Waals surface area contributed by atoms with Crippen LogP contribution in [0.3, 0.4) is 0 Å². The zero-order valence-electron chi connectivity index (χ0n) is 14.7. The average molecular weight is 368 g/mol. The summed E-state index contributed by atoms with van der Waals surface area (Å²) in [5.41, 5.74) is 3.13. The van der Waals surface area contributed by atoms with Crippen molar-refractivity contribution in [1.82, 2.24) is 14.9 Å². The minimum absolute atomic E-state index is 0.404. The van der Waals surface area contributed by atoms with Gasteiger partial charge in [0.25, 0.3) is 0 Å². The topological polar surface area (TPSA) is 64.4 Å². The maximum Gasteiger partial charge on any atom is 0.216 e. The van der Waals surface area contributed by atoms with Crippen molar-refractivity contribution in [1.29, 1.82) is 0 Å². The number of aryl methyl sites for hydroxylation is 1. The van der Waals surface area contributed by atoms with E-state index >= 15 is 0 Å². The van der Waals surface area contributed by atoms with Crippen LogP contribution in [0.5, 0.6) is 11.5 Å². The number of methoxy groups -OCH3 is 1. The van der Waals surface area contributed by atoms with Gasteiger partial charge in [0.1, 0.15) is 24.4 Å². The Balaban J connectivity index is 1.75. The molecule has 0 aliphatic rings. The van der Waals surface area contributed by atoms with Crippen molar-refractivity contribution < 1.29 is 9.47 Å². The van der Waals surface area contributed by atoms with E-state index in [1.807, 2.05) is 30.3 Å². The lowest BCUT2D eigenvalue weighted by Gasteiger charge is -2.11. The largest absolute Gasteiger partial charge is 0.496 e. The van der Waals surface area contributed by atoms with Gasteiger partial charge in [0.2, 0.25) is 4.77 Å². The summed E-state index contributed by atoms with van der Waals surface area (Å²) in [4.78, 5) is 0. The van der Waals surface area contributed by atoms with E-state index in [0.717, 1.165) is 29.0 Å². The number of rotatable bonds is 7. The fourth-order valence-corrected chi connectivity index (χ4v) is 2.57. The molecular formula is C19H20N4O2S. The normalized spacial score (nSPS) is 11.0. The third-order valence-corrected chi connectivity index (χ3v) is 4.18. The molecular weight excluding hydrogens is 348 g/mol. The van der Waals surface area contributed by atoms with Gasteiger partial charge in [-0.2, -0.15) is 14.9 Å². The summed E-state index contributed by atoms with van der Waals surface area (Å²) in [7, 11) is 1.65. The molecule has 0 radical (unpaired) electrons. The van der Waals surface area contributed by atoms with E-state index in [-0.39, 0.29) is 0 Å². The van der Waals surface area contributed by atoms with Gasteiger partial charge in [-0.25, -0.2) is 0 Å². The molecule has 26 heavy (non-hydrogen) atoms. The number of aromatic nitrogens is 3. The first-order valence-electron chi connectivity index (χ1n) is 8.24. The molecule has 0 amide bonds. The van der Waals surface area contributed by atoms with Gasteiger partial charge < -0.3 is 9.47 Å². The molecule has 0 unspecified atom stereocenters. The highest BCUT2D eigenvalue weighted by molar-refractivity contribution is 7.71. The molecule has 3 rings (SSSR count). The maximum atomic E-state index is 5.90. The Bertz CT molecular complexity index is 945. The Labute approximate surface area is 157 Å². The minimum atomic E-state index is 0.404. The summed E-state index contributed by atoms with van der Waals surface area (Å²) in [6.45, 7) is 2.53. The summed E-state index contributed by atoms with van der Waals surface area (Å²) in [6.07, 6.45) is 4.24. The van der Waals surface area contributed by atoms with Gasteiger partial charge >= 0.3 is 0 Å². The number of ether oxygens (including phenoxy) is 2. The lowest BCUT2D eigenvalue weighted by atomic mass is 10.1. The zero-order chi connectivity index (χ0) is 18.4. The van der Waals surface area contributed by atoms with Crippen LogP contribution in [0.1, 0.15) is 23.6 Å². The van der Waals surface area contributed by atoms with Crippen molar-refractivity contribution in [3.8, 4) is 11.5 Å². The van der Waals surface area contributed by atoms with Crippen molar-refractivity contribution in [2.75, 3.05) is 7.11 Å². The van der Waals surface area contributed by atoms with Crippen molar-refractivity contribution in [3.05, 3.63) is 70.3 Å². The van der Waals surface area contributed by atoms with Gasteiger partial charge in [-0.1, -0.05) is 19.1 Å². The van der Waals surface area contributed by atoms with Crippen LogP contribution in [0.4, 0.5) is 0 Å². The molecule has 0 bridgehead atoms. The Hall–Kier alpha value is -2.93. The second-order valence-corrected chi connectivity index (χ2v) is 5.99. The Morgan fingerprint density at radius 3 is 2.69 bits per heavy atom. The van der Waals surface area contributed by atoms with Crippen LogP contribution >= 0.6 is 12.2 Å². The van der Waals surface area contributed by atoms with E-state index in [0.29, 0.717) is 11.4 Å². The van der Waals surface area contributed by atoms with Gasteiger partial charge in [-0.3, -0.25) is 5.10 Å². The van der Waals surface area contributed by atoms with Gasteiger partial charge in [0, 0.05) is 5.56 Å². The van der Waals surface area contributed by atoms with Gasteiger partial charge in [-0.15, -0.1) is 0 Å². The van der Waals surface area contributed by atoms with Gasteiger partial charge in [0.15, 0.2) is 0 Å². The molecule has 0 saturated heterocycles. The summed E-state index contributed by atoms with van der Waals surface area (Å²) in [5, 5.41) is 10.8. The first kappa shape index (κ1) is 17.9. The van der Waals surface area contributed by atoms with Crippen LogP contribution in [-0.4, -0.2) is 28.2 Å². The van der Waals surface area contributed by atoms with E-state index in [1.54, 1.807) is 13.3 Å². The highest BCUT2D eigenvalue weighted by Gasteiger charge is 2.05. The predicted octanol–water partition coefficient (Wildman–Crippen LogP) is 3.97. The molecule has 2 aromatic carbocycles. The Kier molecular flexibility index (Phi) is 5.80. The number of aromatic amines is 1. The molecule has 0 aliphatic carbocycles. The van der Waals surface area contributed by atoms with Crippen LogP contribution in [0.15, 0.2) is 53.9 Å². The fraction of sp³-hybridized carbons (Fsp3) is 0.211. The number of benzene rings is 2. The second kappa shape index (κ2) is 8.44. The highest BCUT2D eigenvalue weighted by Crippen LogP contribution is 2.22.